The van der Waals surface area contributed by atoms with Crippen LogP contribution in [0.1, 0.15) is 20.3 Å². The number of hydrogen-bond acceptors (Lipinski definition) is 4. The van der Waals surface area contributed by atoms with E-state index >= 15 is 0 Å². The summed E-state index contributed by atoms with van der Waals surface area (Å²) in [4.78, 5) is 19.6. The highest BCUT2D eigenvalue weighted by Gasteiger charge is 2.22. The van der Waals surface area contributed by atoms with Crippen LogP contribution in [-0.4, -0.2) is 25.8 Å². The minimum Gasteiger partial charge on any atom is -0.370 e. The summed E-state index contributed by atoms with van der Waals surface area (Å²) in [6.45, 7) is 3.78. The lowest BCUT2D eigenvalue weighted by Crippen LogP contribution is -2.36. The topological polar surface area (TPSA) is 85.3 Å². The number of anilines is 1. The van der Waals surface area contributed by atoms with Crippen LogP contribution in [-0.2, 0) is 4.79 Å². The third-order valence-electron chi connectivity index (χ3n) is 2.42. The standard InChI is InChI=1S/C11H14BrN5O/c1-11(2,5-8(13)18)16-9-10-14-3-4-17(10)6-7(12)15-9/h3-4,6H,5H2,1-2H3,(H2,13,18)(H,15,16). The summed E-state index contributed by atoms with van der Waals surface area (Å²) in [5, 5.41) is 3.19. The van der Waals surface area contributed by atoms with Gasteiger partial charge in [-0.05, 0) is 29.8 Å². The first-order valence-electron chi connectivity index (χ1n) is 5.43. The number of carbonyl (C=O) groups is 1. The van der Waals surface area contributed by atoms with Gasteiger partial charge in [0.2, 0.25) is 5.91 Å². The molecule has 0 saturated heterocycles. The molecule has 18 heavy (non-hydrogen) atoms. The minimum absolute atomic E-state index is 0.216. The predicted molar refractivity (Wildman–Crippen MR) is 72.2 cm³/mol. The number of nitrogens with one attached hydrogen (secondary N) is 1. The Kier molecular flexibility index (Phi) is 3.25. The Hall–Kier alpha value is -1.63. The highest BCUT2D eigenvalue weighted by atomic mass is 79.9. The van der Waals surface area contributed by atoms with Crippen molar-refractivity contribution in [3.63, 3.8) is 0 Å². The molecule has 1 amide bonds. The summed E-state index contributed by atoms with van der Waals surface area (Å²) in [7, 11) is 0. The Bertz CT molecular complexity index is 592. The van der Waals surface area contributed by atoms with E-state index in [2.05, 4.69) is 31.2 Å². The van der Waals surface area contributed by atoms with E-state index in [4.69, 9.17) is 5.73 Å². The number of fused-ring (bicyclic) bond motifs is 1. The predicted octanol–water partition coefficient (Wildman–Crippen LogP) is 1.56. The highest BCUT2D eigenvalue weighted by Crippen LogP contribution is 2.22. The van der Waals surface area contributed by atoms with Crippen LogP contribution in [0, 0.1) is 0 Å². The third-order valence-corrected chi connectivity index (χ3v) is 2.80. The van der Waals surface area contributed by atoms with Crippen molar-refractivity contribution in [2.24, 2.45) is 5.73 Å². The Morgan fingerprint density at radius 3 is 3.00 bits per heavy atom. The third kappa shape index (κ3) is 2.79. The van der Waals surface area contributed by atoms with Gasteiger partial charge >= 0.3 is 0 Å². The molecule has 2 rings (SSSR count). The molecule has 0 aromatic carbocycles. The maximum atomic E-state index is 11.0. The fourth-order valence-corrected chi connectivity index (χ4v) is 2.18. The summed E-state index contributed by atoms with van der Waals surface area (Å²) in [5.41, 5.74) is 5.45. The molecular weight excluding hydrogens is 298 g/mol. The number of imidazole rings is 1. The molecule has 3 N–H and O–H groups in total. The van der Waals surface area contributed by atoms with Gasteiger partial charge in [-0.15, -0.1) is 0 Å². The fourth-order valence-electron chi connectivity index (χ4n) is 1.79. The molecule has 0 atom stereocenters. The van der Waals surface area contributed by atoms with Crippen LogP contribution >= 0.6 is 15.9 Å². The molecule has 0 unspecified atom stereocenters. The maximum Gasteiger partial charge on any atom is 0.219 e. The first-order valence-corrected chi connectivity index (χ1v) is 6.22. The van der Waals surface area contributed by atoms with Gasteiger partial charge in [0.25, 0.3) is 0 Å². The van der Waals surface area contributed by atoms with Gasteiger partial charge in [0.05, 0.1) is 0 Å². The highest BCUT2D eigenvalue weighted by molar-refractivity contribution is 9.10. The van der Waals surface area contributed by atoms with E-state index in [1.54, 1.807) is 6.20 Å². The molecule has 0 aliphatic heterocycles. The van der Waals surface area contributed by atoms with E-state index in [9.17, 15) is 4.79 Å². The molecule has 0 saturated carbocycles. The number of nitrogens with zero attached hydrogens (tertiary/aromatic N) is 3. The summed E-state index contributed by atoms with van der Waals surface area (Å²) >= 11 is 3.34. The van der Waals surface area contributed by atoms with E-state index in [-0.39, 0.29) is 12.3 Å². The number of rotatable bonds is 4. The molecule has 0 radical (unpaired) electrons. The average molecular weight is 312 g/mol. The summed E-state index contributed by atoms with van der Waals surface area (Å²) in [6, 6.07) is 0. The van der Waals surface area contributed by atoms with Crippen molar-refractivity contribution in [2.45, 2.75) is 25.8 Å². The molecule has 0 aliphatic rings. The van der Waals surface area contributed by atoms with Crippen LogP contribution in [0.15, 0.2) is 23.2 Å². The molecule has 0 aliphatic carbocycles. The molecule has 6 nitrogen and oxygen atoms in total. The van der Waals surface area contributed by atoms with E-state index in [1.807, 2.05) is 30.6 Å². The quantitative estimate of drug-likeness (QED) is 0.897. The second-order valence-corrected chi connectivity index (χ2v) is 5.53. The lowest BCUT2D eigenvalue weighted by atomic mass is 10.0. The summed E-state index contributed by atoms with van der Waals surface area (Å²) < 4.78 is 2.53. The molecule has 0 fully saturated rings. The van der Waals surface area contributed by atoms with Crippen LogP contribution in [0.25, 0.3) is 5.65 Å². The van der Waals surface area contributed by atoms with Crippen molar-refractivity contribution in [1.82, 2.24) is 14.4 Å². The monoisotopic (exact) mass is 311 g/mol. The molecule has 7 heteroatoms. The number of nitrogens with two attached hydrogens (primary N) is 1. The van der Waals surface area contributed by atoms with Crippen LogP contribution < -0.4 is 11.1 Å². The Morgan fingerprint density at radius 2 is 2.33 bits per heavy atom. The van der Waals surface area contributed by atoms with E-state index in [1.165, 1.54) is 0 Å². The number of amides is 1. The minimum atomic E-state index is -0.480. The lowest BCUT2D eigenvalue weighted by molar-refractivity contribution is -0.118. The molecule has 0 bridgehead atoms. The number of carbonyl (C=O) groups excluding carboxylic acids is 1. The van der Waals surface area contributed by atoms with Crippen molar-refractivity contribution >= 4 is 33.3 Å². The molecule has 2 aromatic heterocycles. The second kappa shape index (κ2) is 4.56. The normalized spacial score (nSPS) is 11.7. The Morgan fingerprint density at radius 1 is 1.61 bits per heavy atom. The zero-order chi connectivity index (χ0) is 13.3. The SMILES string of the molecule is CC(C)(CC(N)=O)Nc1nc(Br)cn2ccnc12. The van der Waals surface area contributed by atoms with Gasteiger partial charge in [-0.3, -0.25) is 4.79 Å². The van der Waals surface area contributed by atoms with Gasteiger partial charge in [-0.1, -0.05) is 0 Å². The van der Waals surface area contributed by atoms with Crippen molar-refractivity contribution in [3.8, 4) is 0 Å². The van der Waals surface area contributed by atoms with Crippen LogP contribution in [0.4, 0.5) is 5.82 Å². The van der Waals surface area contributed by atoms with Gasteiger partial charge in [0.15, 0.2) is 11.5 Å². The molecule has 0 spiro atoms. The van der Waals surface area contributed by atoms with E-state index in [0.29, 0.717) is 16.1 Å². The van der Waals surface area contributed by atoms with Gasteiger partial charge in [0, 0.05) is 30.6 Å². The summed E-state index contributed by atoms with van der Waals surface area (Å²) in [6.07, 6.45) is 5.55. The smallest absolute Gasteiger partial charge is 0.219 e. The Balaban J connectivity index is 2.36. The first-order chi connectivity index (χ1) is 8.37. The fraction of sp³-hybridized carbons (Fsp3) is 0.364. The van der Waals surface area contributed by atoms with Crippen LogP contribution in [0.3, 0.4) is 0 Å². The van der Waals surface area contributed by atoms with Gasteiger partial charge < -0.3 is 15.5 Å². The molecule has 2 aromatic rings. The second-order valence-electron chi connectivity index (χ2n) is 4.72. The first kappa shape index (κ1) is 12.8. The molecule has 2 heterocycles. The van der Waals surface area contributed by atoms with E-state index in [0.717, 1.165) is 0 Å². The van der Waals surface area contributed by atoms with Gasteiger partial charge in [-0.25, -0.2) is 9.97 Å². The zero-order valence-electron chi connectivity index (χ0n) is 10.1. The molecule has 96 valence electrons. The molecular formula is C11H14BrN5O. The zero-order valence-corrected chi connectivity index (χ0v) is 11.7. The number of primary amides is 1. The lowest BCUT2D eigenvalue weighted by Gasteiger charge is -2.25. The van der Waals surface area contributed by atoms with Crippen LogP contribution in [0.5, 0.6) is 0 Å². The number of hydrogen-bond donors (Lipinski definition) is 2. The number of halogens is 1. The summed E-state index contributed by atoms with van der Waals surface area (Å²) in [5.74, 6) is 0.252. The maximum absolute atomic E-state index is 11.0. The van der Waals surface area contributed by atoms with Crippen molar-refractivity contribution < 1.29 is 4.79 Å². The van der Waals surface area contributed by atoms with Crippen molar-refractivity contribution in [3.05, 3.63) is 23.2 Å². The van der Waals surface area contributed by atoms with E-state index < -0.39 is 5.54 Å². The van der Waals surface area contributed by atoms with Gasteiger partial charge in [-0.2, -0.15) is 0 Å². The largest absolute Gasteiger partial charge is 0.370 e. The van der Waals surface area contributed by atoms with Gasteiger partial charge in [0.1, 0.15) is 4.60 Å². The van der Waals surface area contributed by atoms with Crippen LogP contribution in [0.2, 0.25) is 0 Å². The Labute approximate surface area is 113 Å². The van der Waals surface area contributed by atoms with Crippen molar-refractivity contribution in [1.29, 1.82) is 0 Å². The number of aromatic nitrogens is 3. The average Bonchev–Trinajstić information content (AvgIpc) is 2.61. The van der Waals surface area contributed by atoms with Crippen molar-refractivity contribution in [2.75, 3.05) is 5.32 Å².